The fraction of sp³-hybridized carbons (Fsp3) is 0.111. The van der Waals surface area contributed by atoms with Gasteiger partial charge >= 0.3 is 0 Å². The molecule has 1 nitrogen and oxygen atoms in total. The smallest absolute Gasteiger partial charge is 0.0543 e. The van der Waals surface area contributed by atoms with E-state index >= 15 is 0 Å². The fourth-order valence-electron chi connectivity index (χ4n) is 8.55. The van der Waals surface area contributed by atoms with Gasteiger partial charge in [0.2, 0.25) is 0 Å². The van der Waals surface area contributed by atoms with Gasteiger partial charge in [-0.25, -0.2) is 0 Å². The molecule has 0 saturated heterocycles. The molecular weight excluding hydrogens is 587 g/mol. The predicted molar refractivity (Wildman–Crippen MR) is 202 cm³/mol. The topological polar surface area (TPSA) is 4.93 Å². The minimum Gasteiger partial charge on any atom is -0.310 e. The number of nitrogens with zero attached hydrogens (tertiary/aromatic N) is 1. The summed E-state index contributed by atoms with van der Waals surface area (Å²) in [5.74, 6) is 0.462. The molecule has 2 aliphatic rings. The molecule has 6 aromatic carbocycles. The molecule has 0 fully saturated rings. The van der Waals surface area contributed by atoms with Crippen LogP contribution in [0.3, 0.4) is 0 Å². The summed E-state index contributed by atoms with van der Waals surface area (Å²) in [5.41, 5.74) is 14.8. The Kier molecular flexibility index (Phi) is 5.69. The number of rotatable bonds is 3. The normalized spacial score (nSPS) is 16.3. The van der Waals surface area contributed by atoms with Crippen LogP contribution < -0.4 is 0 Å². The summed E-state index contributed by atoms with van der Waals surface area (Å²) in [4.78, 5) is 0. The minimum atomic E-state index is 0.0911. The average molecular weight is 620 g/mol. The number of benzene rings is 6. The molecule has 0 spiro atoms. The summed E-state index contributed by atoms with van der Waals surface area (Å²) in [6.45, 7) is 4.87. The third kappa shape index (κ3) is 3.89. The van der Waals surface area contributed by atoms with Crippen molar-refractivity contribution >= 4 is 54.1 Å². The summed E-state index contributed by atoms with van der Waals surface area (Å²) < 4.78 is 5.23. The van der Waals surface area contributed by atoms with Gasteiger partial charge in [0.05, 0.1) is 11.2 Å². The number of hydrogen-bond acceptors (Lipinski definition) is 1. The van der Waals surface area contributed by atoms with Crippen molar-refractivity contribution in [1.29, 1.82) is 0 Å². The molecule has 2 aromatic heterocycles. The van der Waals surface area contributed by atoms with Gasteiger partial charge in [-0.2, -0.15) is 0 Å². The quantitative estimate of drug-likeness (QED) is 0.185. The Morgan fingerprint density at radius 2 is 1.34 bits per heavy atom. The van der Waals surface area contributed by atoms with Crippen LogP contribution in [0.15, 0.2) is 140 Å². The molecule has 1 unspecified atom stereocenters. The van der Waals surface area contributed by atoms with E-state index in [2.05, 4.69) is 164 Å². The maximum absolute atomic E-state index is 2.53. The van der Waals surface area contributed by atoms with E-state index in [9.17, 15) is 0 Å². The zero-order valence-corrected chi connectivity index (χ0v) is 27.3. The second kappa shape index (κ2) is 9.91. The van der Waals surface area contributed by atoms with Crippen molar-refractivity contribution in [3.63, 3.8) is 0 Å². The molecular formula is C45H33NS. The first kappa shape index (κ1) is 27.0. The van der Waals surface area contributed by atoms with Crippen molar-refractivity contribution in [2.24, 2.45) is 5.92 Å². The lowest BCUT2D eigenvalue weighted by molar-refractivity contribution is 0.410. The van der Waals surface area contributed by atoms with Crippen molar-refractivity contribution < 1.29 is 0 Å². The Bertz CT molecular complexity index is 2560. The van der Waals surface area contributed by atoms with Crippen LogP contribution >= 0.6 is 11.3 Å². The SMILES string of the molecule is CC1(C)c2ccccc2C2=Cc3c(c4ccc(-c5ccccc5)cc4n3-c3ccc(-c4cccc5c4sc4ccccc45)cc3)CC21. The highest BCUT2D eigenvalue weighted by Crippen LogP contribution is 2.55. The minimum absolute atomic E-state index is 0.0911. The van der Waals surface area contributed by atoms with Crippen molar-refractivity contribution in [1.82, 2.24) is 4.57 Å². The van der Waals surface area contributed by atoms with Crippen molar-refractivity contribution in [3.8, 4) is 27.9 Å². The number of aromatic nitrogens is 1. The van der Waals surface area contributed by atoms with Gasteiger partial charge in [-0.1, -0.05) is 129 Å². The standard InChI is InChI=1S/C45H33NS/c1-45(2)39-17-8-6-13-33(39)37-27-42-38(26-40(37)45)34-24-21-30(28-11-4-3-5-12-28)25-41(34)46(42)31-22-19-29(20-23-31)32-15-10-16-36-35-14-7-9-18-43(35)47-44(32)36/h3-25,27,40H,26H2,1-2H3. The molecule has 2 heterocycles. The van der Waals surface area contributed by atoms with Gasteiger partial charge < -0.3 is 4.57 Å². The average Bonchev–Trinajstić information content (AvgIpc) is 3.73. The van der Waals surface area contributed by atoms with Gasteiger partial charge in [0, 0.05) is 31.2 Å². The molecule has 1 atom stereocenters. The van der Waals surface area contributed by atoms with Crippen LogP contribution in [-0.2, 0) is 11.8 Å². The molecule has 10 rings (SSSR count). The van der Waals surface area contributed by atoms with E-state index in [4.69, 9.17) is 0 Å². The van der Waals surface area contributed by atoms with E-state index in [0.29, 0.717) is 5.92 Å². The molecule has 0 aliphatic heterocycles. The van der Waals surface area contributed by atoms with Crippen LogP contribution in [-0.4, -0.2) is 4.57 Å². The van der Waals surface area contributed by atoms with Crippen molar-refractivity contribution in [3.05, 3.63) is 162 Å². The van der Waals surface area contributed by atoms with Crippen LogP contribution in [0.2, 0.25) is 0 Å². The summed E-state index contributed by atoms with van der Waals surface area (Å²) >= 11 is 1.90. The Labute approximate surface area is 279 Å². The number of hydrogen-bond donors (Lipinski definition) is 0. The highest BCUT2D eigenvalue weighted by molar-refractivity contribution is 7.26. The van der Waals surface area contributed by atoms with Gasteiger partial charge in [-0.15, -0.1) is 11.3 Å². The Hall–Kier alpha value is -5.18. The monoisotopic (exact) mass is 619 g/mol. The molecule has 8 aromatic rings. The van der Waals surface area contributed by atoms with Crippen LogP contribution in [0, 0.1) is 5.92 Å². The largest absolute Gasteiger partial charge is 0.310 e. The predicted octanol–water partition coefficient (Wildman–Crippen LogP) is 12.3. The summed E-state index contributed by atoms with van der Waals surface area (Å²) in [6, 6.07) is 51.7. The Balaban J connectivity index is 1.18. The van der Waals surface area contributed by atoms with Crippen molar-refractivity contribution in [2.45, 2.75) is 25.7 Å². The summed E-state index contributed by atoms with van der Waals surface area (Å²) in [7, 11) is 0. The van der Waals surface area contributed by atoms with E-state index in [0.717, 1.165) is 6.42 Å². The van der Waals surface area contributed by atoms with Gasteiger partial charge in [0.25, 0.3) is 0 Å². The number of fused-ring (bicyclic) bond motifs is 9. The first-order valence-electron chi connectivity index (χ1n) is 16.6. The second-order valence-electron chi connectivity index (χ2n) is 13.7. The lowest BCUT2D eigenvalue weighted by Crippen LogP contribution is -2.27. The molecule has 2 aliphatic carbocycles. The summed E-state index contributed by atoms with van der Waals surface area (Å²) in [5, 5.41) is 4.04. The van der Waals surface area contributed by atoms with Gasteiger partial charge in [0.15, 0.2) is 0 Å². The lowest BCUT2D eigenvalue weighted by Gasteiger charge is -2.31. The fourth-order valence-corrected chi connectivity index (χ4v) is 9.79. The molecule has 0 amide bonds. The van der Waals surface area contributed by atoms with Crippen LogP contribution in [0.5, 0.6) is 0 Å². The molecule has 0 radical (unpaired) electrons. The van der Waals surface area contributed by atoms with E-state index in [1.165, 1.54) is 87.0 Å². The lowest BCUT2D eigenvalue weighted by atomic mass is 9.72. The molecule has 2 heteroatoms. The first-order chi connectivity index (χ1) is 23.1. The van der Waals surface area contributed by atoms with E-state index in [1.54, 1.807) is 0 Å². The molecule has 0 saturated carbocycles. The van der Waals surface area contributed by atoms with Crippen LogP contribution in [0.1, 0.15) is 36.2 Å². The maximum atomic E-state index is 2.53. The highest BCUT2D eigenvalue weighted by Gasteiger charge is 2.45. The maximum Gasteiger partial charge on any atom is 0.0543 e. The molecule has 224 valence electrons. The van der Waals surface area contributed by atoms with E-state index < -0.39 is 0 Å². The van der Waals surface area contributed by atoms with Gasteiger partial charge in [-0.05, 0) is 92.6 Å². The van der Waals surface area contributed by atoms with Crippen molar-refractivity contribution in [2.75, 3.05) is 0 Å². The molecule has 0 bridgehead atoms. The molecule has 47 heavy (non-hydrogen) atoms. The van der Waals surface area contributed by atoms with Gasteiger partial charge in [-0.3, -0.25) is 0 Å². The zero-order chi connectivity index (χ0) is 31.3. The first-order valence-corrected chi connectivity index (χ1v) is 17.4. The van der Waals surface area contributed by atoms with E-state index in [-0.39, 0.29) is 5.41 Å². The van der Waals surface area contributed by atoms with Crippen LogP contribution in [0.25, 0.3) is 70.7 Å². The zero-order valence-electron chi connectivity index (χ0n) is 26.5. The number of thiophene rings is 1. The number of allylic oxidation sites excluding steroid dienone is 1. The second-order valence-corrected chi connectivity index (χ2v) is 14.8. The summed E-state index contributed by atoms with van der Waals surface area (Å²) in [6.07, 6.45) is 3.56. The van der Waals surface area contributed by atoms with E-state index in [1.807, 2.05) is 11.3 Å². The highest BCUT2D eigenvalue weighted by atomic mass is 32.1. The third-order valence-electron chi connectivity index (χ3n) is 10.9. The Morgan fingerprint density at radius 3 is 2.21 bits per heavy atom. The van der Waals surface area contributed by atoms with Gasteiger partial charge in [0.1, 0.15) is 0 Å². The third-order valence-corrected chi connectivity index (χ3v) is 12.2. The van der Waals surface area contributed by atoms with Crippen LogP contribution in [0.4, 0.5) is 0 Å². The molecule has 0 N–H and O–H groups in total. The Morgan fingerprint density at radius 1 is 0.617 bits per heavy atom.